The van der Waals surface area contributed by atoms with Gasteiger partial charge in [-0.2, -0.15) is 0 Å². The molecule has 1 heterocycles. The lowest BCUT2D eigenvalue weighted by Gasteiger charge is -2.16. The van der Waals surface area contributed by atoms with Crippen LogP contribution in [0.1, 0.15) is 18.9 Å². The topological polar surface area (TPSA) is 78.6 Å². The van der Waals surface area contributed by atoms with Gasteiger partial charge in [0.25, 0.3) is 0 Å². The average molecular weight is 299 g/mol. The fourth-order valence-electron chi connectivity index (χ4n) is 2.35. The summed E-state index contributed by atoms with van der Waals surface area (Å²) < 4.78 is 34.0. The second-order valence-corrected chi connectivity index (χ2v) is 7.54. The fourth-order valence-corrected chi connectivity index (χ4v) is 3.94. The van der Waals surface area contributed by atoms with E-state index in [-0.39, 0.29) is 23.7 Å². The quantitative estimate of drug-likeness (QED) is 0.882. The van der Waals surface area contributed by atoms with E-state index in [1.54, 1.807) is 7.11 Å². The molecule has 20 heavy (non-hydrogen) atoms. The summed E-state index contributed by atoms with van der Waals surface area (Å²) in [6.07, 6.45) is 0.978. The molecule has 1 aliphatic rings. The minimum atomic E-state index is -2.95. The summed E-state index contributed by atoms with van der Waals surface area (Å²) in [6, 6.07) is 5.72. The van der Waals surface area contributed by atoms with Gasteiger partial charge in [0.2, 0.25) is 0 Å². The molecule has 1 aromatic carbocycles. The Labute approximate surface area is 120 Å². The number of ether oxygens (including phenoxy) is 2. The van der Waals surface area contributed by atoms with Crippen LogP contribution in [0.3, 0.4) is 0 Å². The zero-order valence-electron chi connectivity index (χ0n) is 11.8. The number of hydrogen-bond acceptors (Lipinski definition) is 5. The molecule has 112 valence electrons. The zero-order valence-corrected chi connectivity index (χ0v) is 12.7. The van der Waals surface area contributed by atoms with E-state index in [2.05, 4.69) is 0 Å². The molecule has 6 heteroatoms. The highest BCUT2D eigenvalue weighted by Crippen LogP contribution is 2.31. The van der Waals surface area contributed by atoms with E-state index in [1.807, 2.05) is 25.1 Å². The van der Waals surface area contributed by atoms with E-state index in [1.165, 1.54) is 0 Å². The molecule has 0 aliphatic carbocycles. The minimum Gasteiger partial charge on any atom is -0.493 e. The minimum absolute atomic E-state index is 0.0584. The summed E-state index contributed by atoms with van der Waals surface area (Å²) in [7, 11) is -1.38. The van der Waals surface area contributed by atoms with Crippen LogP contribution in [-0.2, 0) is 16.3 Å². The van der Waals surface area contributed by atoms with Gasteiger partial charge in [-0.05, 0) is 37.5 Å². The van der Waals surface area contributed by atoms with Gasteiger partial charge in [0.15, 0.2) is 21.3 Å². The van der Waals surface area contributed by atoms with Crippen molar-refractivity contribution in [2.75, 3.05) is 18.6 Å². The lowest BCUT2D eigenvalue weighted by molar-refractivity contribution is 0.218. The van der Waals surface area contributed by atoms with Crippen molar-refractivity contribution in [2.24, 2.45) is 5.73 Å². The Bertz CT molecular complexity index is 569. The molecule has 1 aliphatic heterocycles. The van der Waals surface area contributed by atoms with Crippen LogP contribution in [0.25, 0.3) is 0 Å². The van der Waals surface area contributed by atoms with Crippen LogP contribution in [0.4, 0.5) is 0 Å². The monoisotopic (exact) mass is 299 g/mol. The van der Waals surface area contributed by atoms with Crippen molar-refractivity contribution in [3.05, 3.63) is 23.8 Å². The lowest BCUT2D eigenvalue weighted by Crippen LogP contribution is -2.19. The van der Waals surface area contributed by atoms with Crippen LogP contribution in [-0.4, -0.2) is 39.2 Å². The van der Waals surface area contributed by atoms with Crippen LogP contribution in [0, 0.1) is 0 Å². The number of sulfone groups is 1. The Kier molecular flexibility index (Phi) is 4.55. The summed E-state index contributed by atoms with van der Waals surface area (Å²) >= 11 is 0. The average Bonchev–Trinajstić information content (AvgIpc) is 2.68. The van der Waals surface area contributed by atoms with Crippen molar-refractivity contribution in [3.63, 3.8) is 0 Å². The highest BCUT2D eigenvalue weighted by molar-refractivity contribution is 7.91. The fraction of sp³-hybridized carbons (Fsp3) is 0.571. The van der Waals surface area contributed by atoms with Crippen LogP contribution >= 0.6 is 0 Å². The zero-order chi connectivity index (χ0) is 14.8. The van der Waals surface area contributed by atoms with Gasteiger partial charge in [-0.3, -0.25) is 0 Å². The van der Waals surface area contributed by atoms with Crippen molar-refractivity contribution in [2.45, 2.75) is 31.9 Å². The lowest BCUT2D eigenvalue weighted by atomic mass is 10.1. The third-order valence-corrected chi connectivity index (χ3v) is 5.01. The Hall–Kier alpha value is -1.27. The molecule has 1 aromatic rings. The smallest absolute Gasteiger partial charge is 0.161 e. The van der Waals surface area contributed by atoms with Crippen LogP contribution < -0.4 is 15.2 Å². The Morgan fingerprint density at radius 1 is 1.40 bits per heavy atom. The molecule has 0 saturated carbocycles. The molecule has 2 atom stereocenters. The molecule has 1 fully saturated rings. The molecule has 0 radical (unpaired) electrons. The molecule has 0 aromatic heterocycles. The van der Waals surface area contributed by atoms with E-state index >= 15 is 0 Å². The van der Waals surface area contributed by atoms with Gasteiger partial charge in [-0.1, -0.05) is 6.07 Å². The van der Waals surface area contributed by atoms with Gasteiger partial charge in [0, 0.05) is 6.04 Å². The second kappa shape index (κ2) is 6.01. The first-order valence-corrected chi connectivity index (χ1v) is 8.51. The normalized spacial score (nSPS) is 22.4. The van der Waals surface area contributed by atoms with Gasteiger partial charge in [-0.15, -0.1) is 0 Å². The van der Waals surface area contributed by atoms with Crippen LogP contribution in [0.2, 0.25) is 0 Å². The third kappa shape index (κ3) is 3.86. The van der Waals surface area contributed by atoms with Gasteiger partial charge in [0.1, 0.15) is 6.10 Å². The van der Waals surface area contributed by atoms with Gasteiger partial charge < -0.3 is 15.2 Å². The van der Waals surface area contributed by atoms with Crippen molar-refractivity contribution >= 4 is 9.84 Å². The molecule has 0 amide bonds. The number of hydrogen-bond donors (Lipinski definition) is 1. The van der Waals surface area contributed by atoms with E-state index in [0.717, 1.165) is 12.0 Å². The molecule has 1 saturated heterocycles. The first-order valence-electron chi connectivity index (χ1n) is 6.69. The van der Waals surface area contributed by atoms with Crippen LogP contribution in [0.15, 0.2) is 18.2 Å². The second-order valence-electron chi connectivity index (χ2n) is 5.31. The number of methoxy groups -OCH3 is 1. The Balaban J connectivity index is 2.16. The summed E-state index contributed by atoms with van der Waals surface area (Å²) in [6.45, 7) is 1.94. The number of rotatable bonds is 5. The Morgan fingerprint density at radius 2 is 2.15 bits per heavy atom. The maximum atomic E-state index is 11.5. The molecule has 5 nitrogen and oxygen atoms in total. The van der Waals surface area contributed by atoms with Crippen molar-refractivity contribution in [3.8, 4) is 11.5 Å². The standard InChI is InChI=1S/C14H21NO4S/c1-10(15)7-11-3-4-13(18-2)14(8-11)19-12-5-6-20(16,17)9-12/h3-4,8,10,12H,5-7,9,15H2,1-2H3. The summed E-state index contributed by atoms with van der Waals surface area (Å²) in [5.74, 6) is 1.48. The summed E-state index contributed by atoms with van der Waals surface area (Å²) in [5, 5.41) is 0. The number of benzene rings is 1. The maximum Gasteiger partial charge on any atom is 0.161 e. The van der Waals surface area contributed by atoms with Crippen molar-refractivity contribution in [1.29, 1.82) is 0 Å². The molecule has 0 spiro atoms. The first-order chi connectivity index (χ1) is 9.39. The van der Waals surface area contributed by atoms with Crippen molar-refractivity contribution < 1.29 is 17.9 Å². The van der Waals surface area contributed by atoms with Gasteiger partial charge in [-0.25, -0.2) is 8.42 Å². The Morgan fingerprint density at radius 3 is 2.70 bits per heavy atom. The molecular weight excluding hydrogens is 278 g/mol. The third-order valence-electron chi connectivity index (χ3n) is 3.27. The van der Waals surface area contributed by atoms with E-state index in [9.17, 15) is 8.42 Å². The first kappa shape index (κ1) is 15.1. The highest BCUT2D eigenvalue weighted by Gasteiger charge is 2.30. The summed E-state index contributed by atoms with van der Waals surface area (Å²) in [5.41, 5.74) is 6.85. The molecule has 0 bridgehead atoms. The van der Waals surface area contributed by atoms with E-state index in [0.29, 0.717) is 17.9 Å². The molecule has 2 rings (SSSR count). The highest BCUT2D eigenvalue weighted by atomic mass is 32.2. The summed E-state index contributed by atoms with van der Waals surface area (Å²) in [4.78, 5) is 0. The van der Waals surface area contributed by atoms with E-state index < -0.39 is 9.84 Å². The molecule has 2 unspecified atom stereocenters. The van der Waals surface area contributed by atoms with Gasteiger partial charge >= 0.3 is 0 Å². The number of nitrogens with two attached hydrogens (primary N) is 1. The SMILES string of the molecule is COc1ccc(CC(C)N)cc1OC1CCS(=O)(=O)C1. The maximum absolute atomic E-state index is 11.5. The molecular formula is C14H21NO4S. The predicted octanol–water partition coefficient (Wildman–Crippen LogP) is 1.15. The van der Waals surface area contributed by atoms with Gasteiger partial charge in [0.05, 0.1) is 18.6 Å². The van der Waals surface area contributed by atoms with Crippen LogP contribution in [0.5, 0.6) is 11.5 Å². The van der Waals surface area contributed by atoms with E-state index in [4.69, 9.17) is 15.2 Å². The predicted molar refractivity (Wildman–Crippen MR) is 78.0 cm³/mol. The molecule has 2 N–H and O–H groups in total. The largest absolute Gasteiger partial charge is 0.493 e. The van der Waals surface area contributed by atoms with Crippen molar-refractivity contribution in [1.82, 2.24) is 0 Å².